The molecule has 110 valence electrons. The molecular formula is C18H21NO2. The molecule has 1 atom stereocenters. The summed E-state index contributed by atoms with van der Waals surface area (Å²) in [4.78, 5) is 0. The van der Waals surface area contributed by atoms with Gasteiger partial charge >= 0.3 is 0 Å². The van der Waals surface area contributed by atoms with Crippen LogP contribution in [0.4, 0.5) is 0 Å². The van der Waals surface area contributed by atoms with Gasteiger partial charge in [-0.05, 0) is 25.5 Å². The van der Waals surface area contributed by atoms with Crippen molar-refractivity contribution >= 4 is 0 Å². The molecule has 21 heavy (non-hydrogen) atoms. The standard InChI is InChI=1S/C18H21NO2/c1-3-18(2,20)12-19-17-13-8-4-6-10-15(13)21-16-11-7-5-9-14(16)17/h4-11,17,19-20H,3,12H2,1-2H3. The third kappa shape index (κ3) is 2.80. The quantitative estimate of drug-likeness (QED) is 0.900. The van der Waals surface area contributed by atoms with Gasteiger partial charge in [-0.15, -0.1) is 0 Å². The van der Waals surface area contributed by atoms with Gasteiger partial charge in [0, 0.05) is 17.7 Å². The summed E-state index contributed by atoms with van der Waals surface area (Å²) >= 11 is 0. The largest absolute Gasteiger partial charge is 0.457 e. The summed E-state index contributed by atoms with van der Waals surface area (Å²) in [5.41, 5.74) is 1.52. The number of para-hydroxylation sites is 2. The molecule has 0 radical (unpaired) electrons. The third-order valence-corrected chi connectivity index (χ3v) is 4.13. The molecule has 2 N–H and O–H groups in total. The highest BCUT2D eigenvalue weighted by molar-refractivity contribution is 5.52. The van der Waals surface area contributed by atoms with Crippen LogP contribution in [-0.4, -0.2) is 17.3 Å². The monoisotopic (exact) mass is 283 g/mol. The fourth-order valence-corrected chi connectivity index (χ4v) is 2.58. The van der Waals surface area contributed by atoms with E-state index in [1.807, 2.05) is 50.2 Å². The zero-order valence-corrected chi connectivity index (χ0v) is 12.5. The highest BCUT2D eigenvalue weighted by Crippen LogP contribution is 2.42. The van der Waals surface area contributed by atoms with E-state index in [4.69, 9.17) is 4.74 Å². The van der Waals surface area contributed by atoms with E-state index in [1.54, 1.807) is 0 Å². The summed E-state index contributed by atoms with van der Waals surface area (Å²) in [5.74, 6) is 1.76. The van der Waals surface area contributed by atoms with Gasteiger partial charge in [0.05, 0.1) is 11.6 Å². The van der Waals surface area contributed by atoms with Crippen LogP contribution in [-0.2, 0) is 0 Å². The van der Waals surface area contributed by atoms with Crippen molar-refractivity contribution in [1.29, 1.82) is 0 Å². The van der Waals surface area contributed by atoms with Crippen LogP contribution < -0.4 is 10.1 Å². The van der Waals surface area contributed by atoms with Crippen molar-refractivity contribution in [3.8, 4) is 11.5 Å². The number of ether oxygens (including phenoxy) is 1. The lowest BCUT2D eigenvalue weighted by molar-refractivity contribution is 0.0537. The molecule has 0 amide bonds. The maximum atomic E-state index is 10.3. The molecule has 0 saturated carbocycles. The first kappa shape index (κ1) is 14.1. The predicted octanol–water partition coefficient (Wildman–Crippen LogP) is 3.63. The van der Waals surface area contributed by atoms with Crippen molar-refractivity contribution in [2.24, 2.45) is 0 Å². The van der Waals surface area contributed by atoms with Gasteiger partial charge in [0.1, 0.15) is 11.5 Å². The normalized spacial score (nSPS) is 16.5. The maximum Gasteiger partial charge on any atom is 0.132 e. The summed E-state index contributed by atoms with van der Waals surface area (Å²) < 4.78 is 5.96. The zero-order chi connectivity index (χ0) is 14.9. The van der Waals surface area contributed by atoms with E-state index in [9.17, 15) is 5.11 Å². The van der Waals surface area contributed by atoms with E-state index in [1.165, 1.54) is 0 Å². The smallest absolute Gasteiger partial charge is 0.132 e. The molecule has 3 nitrogen and oxygen atoms in total. The first-order valence-corrected chi connectivity index (χ1v) is 7.42. The molecule has 0 aromatic heterocycles. The van der Waals surface area contributed by atoms with Crippen molar-refractivity contribution in [2.45, 2.75) is 31.9 Å². The van der Waals surface area contributed by atoms with E-state index in [-0.39, 0.29) is 6.04 Å². The summed E-state index contributed by atoms with van der Waals surface area (Å²) in [6, 6.07) is 16.1. The summed E-state index contributed by atoms with van der Waals surface area (Å²) in [7, 11) is 0. The highest BCUT2D eigenvalue weighted by Gasteiger charge is 2.28. The summed E-state index contributed by atoms with van der Waals surface area (Å²) in [6.45, 7) is 4.39. The second-order valence-corrected chi connectivity index (χ2v) is 5.84. The molecule has 1 aliphatic heterocycles. The average molecular weight is 283 g/mol. The van der Waals surface area contributed by atoms with Crippen molar-refractivity contribution in [2.75, 3.05) is 6.54 Å². The topological polar surface area (TPSA) is 41.5 Å². The molecular weight excluding hydrogens is 262 g/mol. The van der Waals surface area contributed by atoms with Gasteiger partial charge in [-0.25, -0.2) is 0 Å². The number of nitrogens with one attached hydrogen (secondary N) is 1. The van der Waals surface area contributed by atoms with E-state index in [2.05, 4.69) is 17.4 Å². The van der Waals surface area contributed by atoms with Crippen LogP contribution in [0.5, 0.6) is 11.5 Å². The minimum absolute atomic E-state index is 0.0455. The van der Waals surface area contributed by atoms with Crippen LogP contribution in [0.1, 0.15) is 37.4 Å². The first-order chi connectivity index (χ1) is 10.1. The van der Waals surface area contributed by atoms with Crippen molar-refractivity contribution < 1.29 is 9.84 Å². The molecule has 1 heterocycles. The number of benzene rings is 2. The van der Waals surface area contributed by atoms with Crippen LogP contribution >= 0.6 is 0 Å². The fourth-order valence-electron chi connectivity index (χ4n) is 2.58. The number of fused-ring (bicyclic) bond motifs is 2. The Morgan fingerprint density at radius 3 is 2.10 bits per heavy atom. The zero-order valence-electron chi connectivity index (χ0n) is 12.5. The molecule has 0 fully saturated rings. The Kier molecular flexibility index (Phi) is 3.70. The Balaban J connectivity index is 1.95. The SMILES string of the molecule is CCC(C)(O)CNC1c2ccccc2Oc2ccccc21. The molecule has 2 aromatic rings. The van der Waals surface area contributed by atoms with Gasteiger partial charge in [0.25, 0.3) is 0 Å². The lowest BCUT2D eigenvalue weighted by atomic mass is 9.93. The first-order valence-electron chi connectivity index (χ1n) is 7.42. The van der Waals surface area contributed by atoms with Crippen LogP contribution in [0, 0.1) is 0 Å². The van der Waals surface area contributed by atoms with Gasteiger partial charge in [-0.2, -0.15) is 0 Å². The van der Waals surface area contributed by atoms with Gasteiger partial charge in [0.2, 0.25) is 0 Å². The van der Waals surface area contributed by atoms with Gasteiger partial charge in [-0.1, -0.05) is 43.3 Å². The molecule has 0 saturated heterocycles. The summed E-state index contributed by atoms with van der Waals surface area (Å²) in [5, 5.41) is 13.8. The van der Waals surface area contributed by atoms with Gasteiger partial charge < -0.3 is 15.2 Å². The van der Waals surface area contributed by atoms with E-state index < -0.39 is 5.60 Å². The average Bonchev–Trinajstić information content (AvgIpc) is 2.51. The Morgan fingerprint density at radius 2 is 1.57 bits per heavy atom. The van der Waals surface area contributed by atoms with E-state index in [0.717, 1.165) is 22.6 Å². The second-order valence-electron chi connectivity index (χ2n) is 5.84. The second kappa shape index (κ2) is 5.51. The number of aliphatic hydroxyl groups is 1. The van der Waals surface area contributed by atoms with Gasteiger partial charge in [0.15, 0.2) is 0 Å². The maximum absolute atomic E-state index is 10.3. The summed E-state index contributed by atoms with van der Waals surface area (Å²) in [6.07, 6.45) is 0.715. The number of hydrogen-bond donors (Lipinski definition) is 2. The molecule has 0 spiro atoms. The Bertz CT molecular complexity index is 591. The predicted molar refractivity (Wildman–Crippen MR) is 83.7 cm³/mol. The molecule has 1 unspecified atom stereocenters. The van der Waals surface area contributed by atoms with E-state index in [0.29, 0.717) is 13.0 Å². The molecule has 3 heteroatoms. The lowest BCUT2D eigenvalue weighted by Crippen LogP contribution is -2.39. The third-order valence-electron chi connectivity index (χ3n) is 4.13. The molecule has 1 aliphatic rings. The minimum atomic E-state index is -0.706. The van der Waals surface area contributed by atoms with Crippen molar-refractivity contribution in [3.05, 3.63) is 59.7 Å². The fraction of sp³-hybridized carbons (Fsp3) is 0.333. The Morgan fingerprint density at radius 1 is 1.05 bits per heavy atom. The Hall–Kier alpha value is -1.84. The van der Waals surface area contributed by atoms with Crippen LogP contribution in [0.2, 0.25) is 0 Å². The van der Waals surface area contributed by atoms with Crippen LogP contribution in [0.25, 0.3) is 0 Å². The number of rotatable bonds is 4. The van der Waals surface area contributed by atoms with E-state index >= 15 is 0 Å². The molecule has 2 aromatic carbocycles. The molecule has 3 rings (SSSR count). The van der Waals surface area contributed by atoms with Gasteiger partial charge in [-0.3, -0.25) is 0 Å². The lowest BCUT2D eigenvalue weighted by Gasteiger charge is -2.31. The van der Waals surface area contributed by atoms with Crippen molar-refractivity contribution in [3.63, 3.8) is 0 Å². The molecule has 0 bridgehead atoms. The number of hydrogen-bond acceptors (Lipinski definition) is 3. The minimum Gasteiger partial charge on any atom is -0.457 e. The highest BCUT2D eigenvalue weighted by atomic mass is 16.5. The van der Waals surface area contributed by atoms with Crippen molar-refractivity contribution in [1.82, 2.24) is 5.32 Å². The van der Waals surface area contributed by atoms with Crippen LogP contribution in [0.3, 0.4) is 0 Å². The Labute approximate surface area is 125 Å². The molecule has 0 aliphatic carbocycles. The van der Waals surface area contributed by atoms with Crippen LogP contribution in [0.15, 0.2) is 48.5 Å².